The first-order valence-corrected chi connectivity index (χ1v) is 12.9. The number of hydrogen-bond donors (Lipinski definition) is 12. The van der Waals surface area contributed by atoms with E-state index in [0.717, 1.165) is 0 Å². The number of aliphatic hydroxyl groups is 11. The van der Waals surface area contributed by atoms with Crippen LogP contribution in [-0.2, 0) is 38.0 Å². The molecule has 0 aliphatic carbocycles. The molecule has 4 heterocycles. The maximum atomic E-state index is 11.6. The van der Waals surface area contributed by atoms with Crippen molar-refractivity contribution in [2.45, 2.75) is 111 Å². The molecule has 4 rings (SSSR count). The molecule has 0 unspecified atom stereocenters. The Morgan fingerprint density at radius 1 is 0.619 bits per heavy atom. The van der Waals surface area contributed by atoms with Crippen LogP contribution in [0.5, 0.6) is 0 Å². The highest BCUT2D eigenvalue weighted by Crippen LogP contribution is 2.32. The molecular weight excluding hydrogens is 584 g/mol. The van der Waals surface area contributed by atoms with Crippen molar-refractivity contribution in [1.82, 2.24) is 0 Å². The van der Waals surface area contributed by atoms with Crippen LogP contribution < -0.4 is 0 Å². The Kier molecular flexibility index (Phi) is 11.1. The second-order valence-corrected chi connectivity index (χ2v) is 10.3. The normalized spacial score (nSPS) is 52.2. The minimum absolute atomic E-state index is 0.387. The molecule has 0 bridgehead atoms. The van der Waals surface area contributed by atoms with Gasteiger partial charge in [-0.2, -0.15) is 0 Å². The van der Waals surface area contributed by atoms with Crippen molar-refractivity contribution < 1.29 is 99.2 Å². The minimum Gasteiger partial charge on any atom is -0.479 e. The van der Waals surface area contributed by atoms with Gasteiger partial charge in [0.25, 0.3) is 0 Å². The van der Waals surface area contributed by atoms with Gasteiger partial charge in [0, 0.05) is 0 Å². The van der Waals surface area contributed by atoms with Gasteiger partial charge in [-0.3, -0.25) is 0 Å². The van der Waals surface area contributed by atoms with Crippen molar-refractivity contribution in [2.24, 2.45) is 0 Å². The van der Waals surface area contributed by atoms with Gasteiger partial charge in [-0.15, -0.1) is 0 Å². The van der Waals surface area contributed by atoms with E-state index in [2.05, 4.69) is 0 Å². The SMILES string of the molecule is O=C(O)[C@H]1O[C@@H](O)[C@H](O)[C@@H](O)[C@@H]1O[C@@H]1O[C@H](CO)[C@@H](O[C@@H]2OC[C@@H](O[C@H]3OC[C@H](O)[C@H](O)[C@H]3O)[C@H](O)[C@H]2O)[C@H](O)[C@H]1O. The van der Waals surface area contributed by atoms with E-state index in [1.807, 2.05) is 0 Å². The number of carbonyl (C=O) groups is 1. The molecule has 0 amide bonds. The molecule has 20 heteroatoms. The van der Waals surface area contributed by atoms with Crippen molar-refractivity contribution >= 4 is 5.97 Å². The second kappa shape index (κ2) is 13.8. The first-order chi connectivity index (χ1) is 19.8. The van der Waals surface area contributed by atoms with Crippen molar-refractivity contribution in [3.05, 3.63) is 0 Å². The van der Waals surface area contributed by atoms with Crippen LogP contribution in [0.2, 0.25) is 0 Å². The highest BCUT2D eigenvalue weighted by atomic mass is 16.8. The summed E-state index contributed by atoms with van der Waals surface area (Å²) in [6, 6.07) is 0. The molecule has 0 aromatic carbocycles. The molecule has 12 N–H and O–H groups in total. The summed E-state index contributed by atoms with van der Waals surface area (Å²) in [5, 5.41) is 121. The second-order valence-electron chi connectivity index (χ2n) is 10.3. The average Bonchev–Trinajstić information content (AvgIpc) is 2.96. The molecule has 42 heavy (non-hydrogen) atoms. The van der Waals surface area contributed by atoms with Crippen LogP contribution in [0.25, 0.3) is 0 Å². The number of rotatable bonds is 8. The van der Waals surface area contributed by atoms with Gasteiger partial charge in [0.2, 0.25) is 0 Å². The molecule has 0 aromatic heterocycles. The smallest absolute Gasteiger partial charge is 0.335 e. The third-order valence-corrected chi connectivity index (χ3v) is 7.41. The van der Waals surface area contributed by atoms with E-state index < -0.39 is 130 Å². The van der Waals surface area contributed by atoms with Crippen LogP contribution in [0.3, 0.4) is 0 Å². The lowest BCUT2D eigenvalue weighted by Crippen LogP contribution is -2.66. The van der Waals surface area contributed by atoms with Crippen molar-refractivity contribution in [3.63, 3.8) is 0 Å². The lowest BCUT2D eigenvalue weighted by Gasteiger charge is -2.47. The monoisotopic (exact) mass is 620 g/mol. The van der Waals surface area contributed by atoms with Crippen LogP contribution >= 0.6 is 0 Å². The van der Waals surface area contributed by atoms with Gasteiger partial charge in [0.1, 0.15) is 79.4 Å². The molecule has 4 saturated heterocycles. The fraction of sp³-hybridized carbons (Fsp3) is 0.955. The van der Waals surface area contributed by atoms with Gasteiger partial charge in [-0.05, 0) is 0 Å². The molecular formula is C22H36O20. The highest BCUT2D eigenvalue weighted by Gasteiger charge is 2.54. The molecule has 18 atom stereocenters. The van der Waals surface area contributed by atoms with Crippen molar-refractivity contribution in [3.8, 4) is 0 Å². The number of carboxylic acids is 1. The van der Waals surface area contributed by atoms with Gasteiger partial charge in [0.15, 0.2) is 31.3 Å². The predicted octanol–water partition coefficient (Wildman–Crippen LogP) is -8.38. The Labute approximate surface area is 236 Å². The first-order valence-electron chi connectivity index (χ1n) is 12.9. The fourth-order valence-electron chi connectivity index (χ4n) is 4.92. The number of hydrogen-bond acceptors (Lipinski definition) is 19. The molecule has 4 aliphatic rings. The van der Waals surface area contributed by atoms with Gasteiger partial charge in [-0.1, -0.05) is 0 Å². The van der Waals surface area contributed by atoms with Gasteiger partial charge < -0.3 is 94.4 Å². The van der Waals surface area contributed by atoms with E-state index in [-0.39, 0.29) is 6.61 Å². The summed E-state index contributed by atoms with van der Waals surface area (Å²) >= 11 is 0. The average molecular weight is 621 g/mol. The third-order valence-electron chi connectivity index (χ3n) is 7.41. The van der Waals surface area contributed by atoms with E-state index in [0.29, 0.717) is 0 Å². The van der Waals surface area contributed by atoms with Crippen LogP contribution in [-0.4, -0.2) is 198 Å². The summed E-state index contributed by atoms with van der Waals surface area (Å²) < 4.78 is 36.8. The summed E-state index contributed by atoms with van der Waals surface area (Å²) in [6.45, 7) is -1.77. The Morgan fingerprint density at radius 3 is 1.81 bits per heavy atom. The Balaban J connectivity index is 1.38. The number of ether oxygens (including phenoxy) is 7. The van der Waals surface area contributed by atoms with E-state index in [4.69, 9.17) is 33.2 Å². The van der Waals surface area contributed by atoms with E-state index in [1.54, 1.807) is 0 Å². The topological polar surface area (TPSA) is 324 Å². The Morgan fingerprint density at radius 2 is 1.17 bits per heavy atom. The number of aliphatic carboxylic acids is 1. The molecule has 0 radical (unpaired) electrons. The molecule has 0 aromatic rings. The molecule has 4 aliphatic heterocycles. The molecule has 20 nitrogen and oxygen atoms in total. The maximum Gasteiger partial charge on any atom is 0.335 e. The molecule has 0 saturated carbocycles. The molecule has 244 valence electrons. The summed E-state index contributed by atoms with van der Waals surface area (Å²) in [6.07, 6.45) is -32.0. The highest BCUT2D eigenvalue weighted by molar-refractivity contribution is 5.73. The summed E-state index contributed by atoms with van der Waals surface area (Å²) in [5.74, 6) is -1.71. The van der Waals surface area contributed by atoms with Gasteiger partial charge in [-0.25, -0.2) is 4.79 Å². The fourth-order valence-corrected chi connectivity index (χ4v) is 4.92. The quantitative estimate of drug-likeness (QED) is 0.120. The van der Waals surface area contributed by atoms with Crippen molar-refractivity contribution in [1.29, 1.82) is 0 Å². The first kappa shape index (κ1) is 33.6. The standard InChI is InChI=1S/C22H36O20/c23-1-5-15(10(28)14(32)22(38-5)42-16-9(27)11(29)19(35)40-17(16)18(33)34)41-21-13(31)8(26)6(3-37-21)39-20-12(30)7(25)4(24)2-36-20/h4-17,19-32,35H,1-3H2,(H,33,34)/t4-,5+,6+,7-,8-,9+,10+,11+,12+,13+,14+,15+,16-,17-,19+,20+,21-,22-/m0/s1. The molecule has 0 spiro atoms. The lowest BCUT2D eigenvalue weighted by molar-refractivity contribution is -0.374. The van der Waals surface area contributed by atoms with Gasteiger partial charge >= 0.3 is 5.97 Å². The largest absolute Gasteiger partial charge is 0.479 e. The van der Waals surface area contributed by atoms with Crippen LogP contribution in [0.1, 0.15) is 0 Å². The third kappa shape index (κ3) is 6.71. The molecule has 4 fully saturated rings. The van der Waals surface area contributed by atoms with Crippen LogP contribution in [0, 0.1) is 0 Å². The van der Waals surface area contributed by atoms with E-state index >= 15 is 0 Å². The van der Waals surface area contributed by atoms with Crippen molar-refractivity contribution in [2.75, 3.05) is 19.8 Å². The predicted molar refractivity (Wildman–Crippen MR) is 122 cm³/mol. The van der Waals surface area contributed by atoms with Crippen LogP contribution in [0.15, 0.2) is 0 Å². The summed E-state index contributed by atoms with van der Waals surface area (Å²) in [5.41, 5.74) is 0. The van der Waals surface area contributed by atoms with E-state index in [1.165, 1.54) is 0 Å². The van der Waals surface area contributed by atoms with E-state index in [9.17, 15) is 66.1 Å². The Hall–Kier alpha value is -1.25. The zero-order valence-corrected chi connectivity index (χ0v) is 21.6. The van der Waals surface area contributed by atoms with Gasteiger partial charge in [0.05, 0.1) is 19.8 Å². The van der Waals surface area contributed by atoms with Crippen LogP contribution in [0.4, 0.5) is 0 Å². The summed E-state index contributed by atoms with van der Waals surface area (Å²) in [4.78, 5) is 11.6. The zero-order valence-electron chi connectivity index (χ0n) is 21.6. The lowest BCUT2D eigenvalue weighted by atomic mass is 9.96. The zero-order chi connectivity index (χ0) is 31.0. The Bertz CT molecular complexity index is 894. The minimum atomic E-state index is -2.08. The summed E-state index contributed by atoms with van der Waals surface area (Å²) in [7, 11) is 0. The number of aliphatic hydroxyl groups excluding tert-OH is 11. The maximum absolute atomic E-state index is 11.6. The number of carboxylic acid groups (broad SMARTS) is 1.